The van der Waals surface area contributed by atoms with E-state index in [9.17, 15) is 9.18 Å². The topological polar surface area (TPSA) is 71.3 Å². The molecule has 2 heterocycles. The highest BCUT2D eigenvalue weighted by atomic mass is 19.1. The van der Waals surface area contributed by atoms with Gasteiger partial charge in [0.2, 0.25) is 11.7 Å². The first kappa shape index (κ1) is 18.2. The maximum atomic E-state index is 13.1. The quantitative estimate of drug-likeness (QED) is 0.704. The maximum Gasteiger partial charge on any atom is 0.322 e. The van der Waals surface area contributed by atoms with Crippen LogP contribution in [0.15, 0.2) is 47.0 Å². The molecule has 28 heavy (non-hydrogen) atoms. The van der Waals surface area contributed by atoms with Crippen molar-refractivity contribution in [2.45, 2.75) is 32.7 Å². The van der Waals surface area contributed by atoms with Crippen LogP contribution < -0.4 is 5.32 Å². The lowest BCUT2D eigenvalue weighted by Crippen LogP contribution is -2.34. The summed E-state index contributed by atoms with van der Waals surface area (Å²) in [5, 5.41) is 6.97. The van der Waals surface area contributed by atoms with Crippen LogP contribution in [0.1, 0.15) is 35.9 Å². The number of urea groups is 1. The molecule has 0 spiro atoms. The van der Waals surface area contributed by atoms with Gasteiger partial charge in [-0.25, -0.2) is 9.18 Å². The van der Waals surface area contributed by atoms with E-state index in [0.717, 1.165) is 29.7 Å². The van der Waals surface area contributed by atoms with Crippen LogP contribution in [-0.4, -0.2) is 27.6 Å². The Labute approximate surface area is 162 Å². The summed E-state index contributed by atoms with van der Waals surface area (Å²) in [6.45, 7) is 4.61. The molecule has 2 aromatic carbocycles. The molecule has 1 N–H and O–H groups in total. The SMILES string of the molecule is Cc1ccc(NC(=O)N2CCCC2c2nc(-c3ccc(F)cc3)no2)c(C)c1. The first-order valence-corrected chi connectivity index (χ1v) is 9.25. The highest BCUT2D eigenvalue weighted by Gasteiger charge is 2.34. The van der Waals surface area contributed by atoms with Gasteiger partial charge in [0.05, 0.1) is 0 Å². The number of carbonyl (C=O) groups excluding carboxylic acids is 1. The van der Waals surface area contributed by atoms with Gasteiger partial charge < -0.3 is 14.7 Å². The Morgan fingerprint density at radius 2 is 2.00 bits per heavy atom. The fourth-order valence-corrected chi connectivity index (χ4v) is 3.49. The summed E-state index contributed by atoms with van der Waals surface area (Å²) >= 11 is 0. The van der Waals surface area contributed by atoms with E-state index < -0.39 is 0 Å². The summed E-state index contributed by atoms with van der Waals surface area (Å²) in [7, 11) is 0. The monoisotopic (exact) mass is 380 g/mol. The highest BCUT2D eigenvalue weighted by molar-refractivity contribution is 5.90. The van der Waals surface area contributed by atoms with Crippen LogP contribution >= 0.6 is 0 Å². The van der Waals surface area contributed by atoms with E-state index in [1.165, 1.54) is 12.1 Å². The zero-order chi connectivity index (χ0) is 19.7. The number of hydrogen-bond donors (Lipinski definition) is 1. The van der Waals surface area contributed by atoms with Gasteiger partial charge in [-0.15, -0.1) is 0 Å². The van der Waals surface area contributed by atoms with Crippen LogP contribution in [0.25, 0.3) is 11.4 Å². The molecule has 0 bridgehead atoms. The van der Waals surface area contributed by atoms with Crippen molar-refractivity contribution in [2.75, 3.05) is 11.9 Å². The first-order valence-electron chi connectivity index (χ1n) is 9.25. The molecule has 1 atom stereocenters. The Morgan fingerprint density at radius 3 is 2.75 bits per heavy atom. The lowest BCUT2D eigenvalue weighted by molar-refractivity contribution is 0.193. The molecule has 1 fully saturated rings. The van der Waals surface area contributed by atoms with E-state index >= 15 is 0 Å². The third-order valence-corrected chi connectivity index (χ3v) is 4.97. The molecule has 0 saturated carbocycles. The highest BCUT2D eigenvalue weighted by Crippen LogP contribution is 2.32. The average molecular weight is 380 g/mol. The summed E-state index contributed by atoms with van der Waals surface area (Å²) < 4.78 is 18.5. The van der Waals surface area contributed by atoms with Crippen molar-refractivity contribution in [3.63, 3.8) is 0 Å². The lowest BCUT2D eigenvalue weighted by Gasteiger charge is -2.22. The van der Waals surface area contributed by atoms with Crippen LogP contribution in [-0.2, 0) is 0 Å². The number of anilines is 1. The minimum absolute atomic E-state index is 0.184. The van der Waals surface area contributed by atoms with E-state index in [1.807, 2.05) is 32.0 Å². The molecule has 1 aliphatic rings. The molecule has 1 aromatic heterocycles. The summed E-state index contributed by atoms with van der Waals surface area (Å²) in [6, 6.07) is 11.4. The minimum Gasteiger partial charge on any atom is -0.337 e. The Balaban J connectivity index is 1.52. The van der Waals surface area contributed by atoms with Crippen LogP contribution in [0.2, 0.25) is 0 Å². The summed E-state index contributed by atoms with van der Waals surface area (Å²) in [4.78, 5) is 19.0. The molecular formula is C21H21FN4O2. The lowest BCUT2D eigenvalue weighted by atomic mass is 10.1. The zero-order valence-corrected chi connectivity index (χ0v) is 15.8. The number of halogens is 1. The van der Waals surface area contributed by atoms with Crippen molar-refractivity contribution in [1.29, 1.82) is 0 Å². The van der Waals surface area contributed by atoms with Crippen molar-refractivity contribution >= 4 is 11.7 Å². The van der Waals surface area contributed by atoms with Crippen molar-refractivity contribution in [2.24, 2.45) is 0 Å². The van der Waals surface area contributed by atoms with E-state index in [4.69, 9.17) is 4.52 Å². The van der Waals surface area contributed by atoms with Gasteiger partial charge in [-0.2, -0.15) is 4.98 Å². The molecule has 4 rings (SSSR count). The first-order chi connectivity index (χ1) is 13.5. The third-order valence-electron chi connectivity index (χ3n) is 4.97. The number of aromatic nitrogens is 2. The molecule has 0 radical (unpaired) electrons. The van der Waals surface area contributed by atoms with Crippen molar-refractivity contribution < 1.29 is 13.7 Å². The number of aryl methyl sites for hydroxylation is 2. The Kier molecular flexibility index (Phi) is 4.81. The van der Waals surface area contributed by atoms with E-state index in [1.54, 1.807) is 17.0 Å². The van der Waals surface area contributed by atoms with Crippen molar-refractivity contribution in [1.82, 2.24) is 15.0 Å². The fraction of sp³-hybridized carbons (Fsp3) is 0.286. The number of rotatable bonds is 3. The Morgan fingerprint density at radius 1 is 1.21 bits per heavy atom. The Bertz CT molecular complexity index is 1000. The zero-order valence-electron chi connectivity index (χ0n) is 15.8. The Hall–Kier alpha value is -3.22. The number of hydrogen-bond acceptors (Lipinski definition) is 4. The molecule has 0 aliphatic carbocycles. The minimum atomic E-state index is -0.322. The molecule has 2 amide bonds. The second-order valence-electron chi connectivity index (χ2n) is 7.06. The largest absolute Gasteiger partial charge is 0.337 e. The summed E-state index contributed by atoms with van der Waals surface area (Å²) in [6.07, 6.45) is 1.62. The molecule has 144 valence electrons. The van der Waals surface area contributed by atoms with Gasteiger partial charge in [-0.1, -0.05) is 22.9 Å². The standard InChI is InChI=1S/C21H21FN4O2/c1-13-5-10-17(14(2)12-13)23-21(27)26-11-3-4-18(26)20-24-19(25-28-20)15-6-8-16(22)9-7-15/h5-10,12,18H,3-4,11H2,1-2H3,(H,23,27). The molecule has 6 nitrogen and oxygen atoms in total. The van der Waals surface area contributed by atoms with Gasteiger partial charge in [0.15, 0.2) is 0 Å². The van der Waals surface area contributed by atoms with Gasteiger partial charge in [-0.3, -0.25) is 0 Å². The van der Waals surface area contributed by atoms with E-state index in [-0.39, 0.29) is 17.9 Å². The average Bonchev–Trinajstić information content (AvgIpc) is 3.33. The fourth-order valence-electron chi connectivity index (χ4n) is 3.49. The second kappa shape index (κ2) is 7.42. The van der Waals surface area contributed by atoms with Crippen molar-refractivity contribution in [3.05, 3.63) is 65.3 Å². The molecule has 3 aromatic rings. The number of benzene rings is 2. The van der Waals surface area contributed by atoms with E-state index in [0.29, 0.717) is 23.8 Å². The smallest absolute Gasteiger partial charge is 0.322 e. The van der Waals surface area contributed by atoms with Crippen LogP contribution in [0.5, 0.6) is 0 Å². The predicted octanol–water partition coefficient (Wildman–Crippen LogP) is 4.86. The number of nitrogens with zero attached hydrogens (tertiary/aromatic N) is 3. The van der Waals surface area contributed by atoms with Gasteiger partial charge in [-0.05, 0) is 62.6 Å². The predicted molar refractivity (Wildman–Crippen MR) is 103 cm³/mol. The number of nitrogens with one attached hydrogen (secondary N) is 1. The second-order valence-corrected chi connectivity index (χ2v) is 7.06. The van der Waals surface area contributed by atoms with E-state index in [2.05, 4.69) is 15.5 Å². The molecule has 7 heteroatoms. The molecule has 1 aliphatic heterocycles. The van der Waals surface area contributed by atoms with Gasteiger partial charge in [0.1, 0.15) is 11.9 Å². The summed E-state index contributed by atoms with van der Waals surface area (Å²) in [5.74, 6) is 0.460. The van der Waals surface area contributed by atoms with Crippen molar-refractivity contribution in [3.8, 4) is 11.4 Å². The summed E-state index contributed by atoms with van der Waals surface area (Å²) in [5.41, 5.74) is 3.62. The van der Waals surface area contributed by atoms with Crippen LogP contribution in [0.4, 0.5) is 14.9 Å². The molecule has 1 saturated heterocycles. The number of likely N-dealkylation sites (tertiary alicyclic amines) is 1. The van der Waals surface area contributed by atoms with Gasteiger partial charge in [0, 0.05) is 17.8 Å². The van der Waals surface area contributed by atoms with Gasteiger partial charge in [0.25, 0.3) is 0 Å². The molecule has 1 unspecified atom stereocenters. The van der Waals surface area contributed by atoms with Gasteiger partial charge >= 0.3 is 6.03 Å². The molecular weight excluding hydrogens is 359 g/mol. The normalized spacial score (nSPS) is 16.4. The third kappa shape index (κ3) is 3.60. The van der Waals surface area contributed by atoms with Crippen LogP contribution in [0.3, 0.4) is 0 Å². The number of carbonyl (C=O) groups is 1. The maximum absolute atomic E-state index is 13.1. The number of amides is 2. The van der Waals surface area contributed by atoms with Crippen LogP contribution in [0, 0.1) is 19.7 Å².